The highest BCUT2D eigenvalue weighted by Crippen LogP contribution is 2.38. The number of fused-ring (bicyclic) bond motifs is 1. The summed E-state index contributed by atoms with van der Waals surface area (Å²) in [6, 6.07) is 8.16. The Hall–Kier alpha value is -2.04. The molecule has 5 heteroatoms. The Morgan fingerprint density at radius 1 is 1.12 bits per heavy atom. The smallest absolute Gasteiger partial charge is 0.253 e. The molecule has 2 amide bonds. The van der Waals surface area contributed by atoms with Gasteiger partial charge in [-0.3, -0.25) is 9.59 Å². The lowest BCUT2D eigenvalue weighted by molar-refractivity contribution is -0.124. The van der Waals surface area contributed by atoms with Crippen LogP contribution in [0.2, 0.25) is 0 Å². The summed E-state index contributed by atoms with van der Waals surface area (Å²) in [7, 11) is 1.90. The van der Waals surface area contributed by atoms with Crippen molar-refractivity contribution in [1.82, 2.24) is 10.2 Å². The second-order valence-electron chi connectivity index (χ2n) is 7.29. The van der Waals surface area contributed by atoms with E-state index in [9.17, 15) is 9.59 Å². The van der Waals surface area contributed by atoms with Crippen LogP contribution in [-0.4, -0.2) is 49.4 Å². The summed E-state index contributed by atoms with van der Waals surface area (Å²) in [5.74, 6) is 1.18. The maximum Gasteiger partial charge on any atom is 0.253 e. The number of carbonyl (C=O) groups excluding carboxylic acids is 2. The van der Waals surface area contributed by atoms with Crippen molar-refractivity contribution in [2.24, 2.45) is 11.8 Å². The minimum atomic E-state index is 0.0778. The number of benzene rings is 1. The normalized spacial score (nSPS) is 25.2. The summed E-state index contributed by atoms with van der Waals surface area (Å²) in [5, 5.41) is 2.95. The van der Waals surface area contributed by atoms with Gasteiger partial charge in [0.25, 0.3) is 5.91 Å². The Labute approximate surface area is 150 Å². The number of anilines is 1. The van der Waals surface area contributed by atoms with Crippen LogP contribution in [0.4, 0.5) is 5.69 Å². The van der Waals surface area contributed by atoms with Gasteiger partial charge in [-0.05, 0) is 62.8 Å². The van der Waals surface area contributed by atoms with Gasteiger partial charge < -0.3 is 15.1 Å². The number of amides is 2. The van der Waals surface area contributed by atoms with E-state index in [2.05, 4.69) is 24.1 Å². The Morgan fingerprint density at radius 2 is 1.76 bits per heavy atom. The molecule has 0 aromatic heterocycles. The zero-order chi connectivity index (χ0) is 18.0. The second-order valence-corrected chi connectivity index (χ2v) is 7.29. The van der Waals surface area contributed by atoms with Crippen LogP contribution in [0.25, 0.3) is 0 Å². The average Bonchev–Trinajstić information content (AvgIpc) is 3.05. The van der Waals surface area contributed by atoms with Crippen LogP contribution < -0.4 is 10.2 Å². The number of piperidine rings is 1. The third-order valence-corrected chi connectivity index (χ3v) is 5.94. The van der Waals surface area contributed by atoms with Crippen LogP contribution in [0, 0.1) is 11.8 Å². The fraction of sp³-hybridized carbons (Fsp3) is 0.600. The predicted octanol–water partition coefficient (Wildman–Crippen LogP) is 2.52. The quantitative estimate of drug-likeness (QED) is 0.894. The second kappa shape index (κ2) is 7.46. The summed E-state index contributed by atoms with van der Waals surface area (Å²) < 4.78 is 0. The lowest BCUT2D eigenvalue weighted by atomic mass is 9.89. The van der Waals surface area contributed by atoms with Crippen molar-refractivity contribution in [2.75, 3.05) is 31.6 Å². The summed E-state index contributed by atoms with van der Waals surface area (Å²) >= 11 is 0. The van der Waals surface area contributed by atoms with E-state index in [-0.39, 0.29) is 17.9 Å². The molecule has 1 aromatic carbocycles. The van der Waals surface area contributed by atoms with Crippen LogP contribution in [-0.2, 0) is 4.79 Å². The molecular weight excluding hydrogens is 314 g/mol. The summed E-state index contributed by atoms with van der Waals surface area (Å²) in [4.78, 5) is 28.6. The number of nitrogens with zero attached hydrogens (tertiary/aromatic N) is 2. The maximum atomic E-state index is 12.9. The lowest BCUT2D eigenvalue weighted by Gasteiger charge is -2.25. The first-order valence-electron chi connectivity index (χ1n) is 9.42. The Kier molecular flexibility index (Phi) is 5.30. The van der Waals surface area contributed by atoms with Crippen molar-refractivity contribution >= 4 is 17.5 Å². The molecule has 1 saturated heterocycles. The van der Waals surface area contributed by atoms with Crippen LogP contribution in [0.3, 0.4) is 0 Å². The van der Waals surface area contributed by atoms with Gasteiger partial charge in [0.15, 0.2) is 0 Å². The molecule has 3 rings (SSSR count). The highest BCUT2D eigenvalue weighted by molar-refractivity contribution is 5.94. The van der Waals surface area contributed by atoms with Gasteiger partial charge in [0.1, 0.15) is 0 Å². The third kappa shape index (κ3) is 3.65. The van der Waals surface area contributed by atoms with Gasteiger partial charge in [-0.25, -0.2) is 0 Å². The van der Waals surface area contributed by atoms with E-state index < -0.39 is 0 Å². The number of rotatable bonds is 5. The van der Waals surface area contributed by atoms with E-state index in [0.717, 1.165) is 43.7 Å². The molecule has 3 atom stereocenters. The maximum absolute atomic E-state index is 12.9. The van der Waals surface area contributed by atoms with E-state index in [1.807, 2.05) is 36.2 Å². The Morgan fingerprint density at radius 3 is 2.40 bits per heavy atom. The molecule has 1 heterocycles. The number of nitrogens with one attached hydrogen (secondary N) is 1. The van der Waals surface area contributed by atoms with E-state index in [0.29, 0.717) is 18.3 Å². The molecule has 0 radical (unpaired) electrons. The number of carbonyl (C=O) groups is 2. The molecular formula is C20H29N3O2. The molecule has 1 N–H and O–H groups in total. The largest absolute Gasteiger partial charge is 0.372 e. The van der Waals surface area contributed by atoms with Crippen molar-refractivity contribution in [3.05, 3.63) is 29.8 Å². The Bertz CT molecular complexity index is 624. The summed E-state index contributed by atoms with van der Waals surface area (Å²) in [6.45, 7) is 6.95. The summed E-state index contributed by atoms with van der Waals surface area (Å²) in [6.07, 6.45) is 2.55. The fourth-order valence-corrected chi connectivity index (χ4v) is 4.32. The fourth-order valence-electron chi connectivity index (χ4n) is 4.32. The van der Waals surface area contributed by atoms with Gasteiger partial charge in [-0.2, -0.15) is 0 Å². The summed E-state index contributed by atoms with van der Waals surface area (Å²) in [5.41, 5.74) is 1.89. The number of hydrogen-bond donors (Lipinski definition) is 1. The molecule has 2 aliphatic rings. The van der Waals surface area contributed by atoms with Crippen molar-refractivity contribution in [3.8, 4) is 0 Å². The standard InChI is InChI=1S/C20H29N3O2/c1-4-23(5-2)17-8-6-14(7-9-17)20(25)22(3)18-10-15-12-19(24)21-13-16(15)11-18/h6-9,15-16,18H,4-5,10-13H2,1-3H3,(H,21,24)/t15-,16+,18-/m1/s1. The predicted molar refractivity (Wildman–Crippen MR) is 99.7 cm³/mol. The minimum Gasteiger partial charge on any atom is -0.372 e. The highest BCUT2D eigenvalue weighted by atomic mass is 16.2. The molecule has 1 aliphatic carbocycles. The van der Waals surface area contributed by atoms with Crippen molar-refractivity contribution in [1.29, 1.82) is 0 Å². The molecule has 0 unspecified atom stereocenters. The first-order valence-corrected chi connectivity index (χ1v) is 9.42. The molecule has 2 fully saturated rings. The van der Waals surface area contributed by atoms with Gasteiger partial charge in [-0.1, -0.05) is 0 Å². The molecule has 5 nitrogen and oxygen atoms in total. The molecule has 1 aliphatic heterocycles. The van der Waals surface area contributed by atoms with E-state index in [4.69, 9.17) is 0 Å². The van der Waals surface area contributed by atoms with Crippen molar-refractivity contribution in [2.45, 2.75) is 39.2 Å². The van der Waals surface area contributed by atoms with E-state index in [1.165, 1.54) is 0 Å². The van der Waals surface area contributed by atoms with Crippen LogP contribution >= 0.6 is 0 Å². The van der Waals surface area contributed by atoms with E-state index >= 15 is 0 Å². The first kappa shape index (κ1) is 17.8. The lowest BCUT2D eigenvalue weighted by Crippen LogP contribution is -2.38. The minimum absolute atomic E-state index is 0.0778. The van der Waals surface area contributed by atoms with Crippen molar-refractivity contribution in [3.63, 3.8) is 0 Å². The Balaban J connectivity index is 1.65. The van der Waals surface area contributed by atoms with Crippen LogP contribution in [0.15, 0.2) is 24.3 Å². The zero-order valence-electron chi connectivity index (χ0n) is 15.5. The molecule has 0 bridgehead atoms. The van der Waals surface area contributed by atoms with Gasteiger partial charge >= 0.3 is 0 Å². The SMILES string of the molecule is CCN(CC)c1ccc(C(=O)N(C)[C@H]2C[C@H]3CNC(=O)C[C@H]3C2)cc1. The van der Waals surface area contributed by atoms with Crippen molar-refractivity contribution < 1.29 is 9.59 Å². The van der Waals surface area contributed by atoms with Gasteiger partial charge in [0, 0.05) is 50.4 Å². The third-order valence-electron chi connectivity index (χ3n) is 5.94. The average molecular weight is 343 g/mol. The highest BCUT2D eigenvalue weighted by Gasteiger charge is 2.40. The zero-order valence-corrected chi connectivity index (χ0v) is 15.5. The number of hydrogen-bond acceptors (Lipinski definition) is 3. The molecule has 136 valence electrons. The molecule has 0 spiro atoms. The molecule has 1 aromatic rings. The first-order chi connectivity index (χ1) is 12.0. The van der Waals surface area contributed by atoms with Gasteiger partial charge in [0.05, 0.1) is 0 Å². The van der Waals surface area contributed by atoms with Crippen LogP contribution in [0.5, 0.6) is 0 Å². The van der Waals surface area contributed by atoms with Gasteiger partial charge in [0.2, 0.25) is 5.91 Å². The monoisotopic (exact) mass is 343 g/mol. The van der Waals surface area contributed by atoms with Gasteiger partial charge in [-0.15, -0.1) is 0 Å². The molecule has 1 saturated carbocycles. The molecule has 25 heavy (non-hydrogen) atoms. The van der Waals surface area contributed by atoms with Crippen LogP contribution in [0.1, 0.15) is 43.5 Å². The topological polar surface area (TPSA) is 52.7 Å². The van der Waals surface area contributed by atoms with E-state index in [1.54, 1.807) is 0 Å².